The van der Waals surface area contributed by atoms with Crippen LogP contribution in [0.2, 0.25) is 5.02 Å². The van der Waals surface area contributed by atoms with Crippen LogP contribution in [0.5, 0.6) is 0 Å². The standard InChI is InChI=1S/C12H14BrClO2/c1-3-16-12(15)6-9-5-10(7-13)11(14)4-8(9)2/h4-5H,3,6-7H2,1-2H3. The Morgan fingerprint density at radius 2 is 2.12 bits per heavy atom. The van der Waals surface area contributed by atoms with E-state index in [4.69, 9.17) is 16.3 Å². The molecule has 0 heterocycles. The van der Waals surface area contributed by atoms with Crippen molar-refractivity contribution in [3.63, 3.8) is 0 Å². The number of hydrogen-bond donors (Lipinski definition) is 0. The zero-order valence-electron chi connectivity index (χ0n) is 9.35. The third-order valence-electron chi connectivity index (χ3n) is 2.29. The number of hydrogen-bond acceptors (Lipinski definition) is 2. The van der Waals surface area contributed by atoms with Gasteiger partial charge in [-0.3, -0.25) is 4.79 Å². The largest absolute Gasteiger partial charge is 0.466 e. The minimum Gasteiger partial charge on any atom is -0.466 e. The highest BCUT2D eigenvalue weighted by atomic mass is 79.9. The van der Waals surface area contributed by atoms with Crippen LogP contribution in [0.4, 0.5) is 0 Å². The minimum atomic E-state index is -0.201. The molecular formula is C12H14BrClO2. The average Bonchev–Trinajstić information content (AvgIpc) is 2.22. The zero-order valence-corrected chi connectivity index (χ0v) is 11.7. The highest BCUT2D eigenvalue weighted by molar-refractivity contribution is 9.08. The first-order valence-corrected chi connectivity index (χ1v) is 6.58. The lowest BCUT2D eigenvalue weighted by atomic mass is 10.0. The molecule has 0 fully saturated rings. The van der Waals surface area contributed by atoms with Gasteiger partial charge in [0, 0.05) is 10.4 Å². The molecule has 4 heteroatoms. The Balaban J connectivity index is 2.91. The number of ether oxygens (including phenoxy) is 1. The Bertz CT molecular complexity index is 391. The highest BCUT2D eigenvalue weighted by Gasteiger charge is 2.09. The summed E-state index contributed by atoms with van der Waals surface area (Å²) in [6, 6.07) is 3.83. The molecule has 0 unspecified atom stereocenters. The van der Waals surface area contributed by atoms with Gasteiger partial charge in [-0.25, -0.2) is 0 Å². The molecule has 16 heavy (non-hydrogen) atoms. The summed E-state index contributed by atoms with van der Waals surface area (Å²) >= 11 is 9.42. The number of halogens is 2. The summed E-state index contributed by atoms with van der Waals surface area (Å²) in [5, 5.41) is 1.41. The summed E-state index contributed by atoms with van der Waals surface area (Å²) in [6.07, 6.45) is 0.302. The zero-order chi connectivity index (χ0) is 12.1. The molecular weight excluding hydrogens is 291 g/mol. The lowest BCUT2D eigenvalue weighted by molar-refractivity contribution is -0.142. The second kappa shape index (κ2) is 6.26. The van der Waals surface area contributed by atoms with E-state index in [1.54, 1.807) is 6.92 Å². The van der Waals surface area contributed by atoms with Crippen LogP contribution in [-0.2, 0) is 21.3 Å². The van der Waals surface area contributed by atoms with E-state index in [0.717, 1.165) is 21.7 Å². The molecule has 0 bridgehead atoms. The van der Waals surface area contributed by atoms with Gasteiger partial charge in [-0.05, 0) is 36.6 Å². The van der Waals surface area contributed by atoms with E-state index in [-0.39, 0.29) is 5.97 Å². The Morgan fingerprint density at radius 3 is 2.69 bits per heavy atom. The fraction of sp³-hybridized carbons (Fsp3) is 0.417. The number of benzene rings is 1. The molecule has 0 saturated carbocycles. The summed E-state index contributed by atoms with van der Waals surface area (Å²) in [7, 11) is 0. The van der Waals surface area contributed by atoms with Gasteiger partial charge in [-0.2, -0.15) is 0 Å². The van der Waals surface area contributed by atoms with Gasteiger partial charge in [-0.1, -0.05) is 33.6 Å². The van der Waals surface area contributed by atoms with Crippen LogP contribution in [0.25, 0.3) is 0 Å². The van der Waals surface area contributed by atoms with Crippen molar-refractivity contribution < 1.29 is 9.53 Å². The van der Waals surface area contributed by atoms with Crippen molar-refractivity contribution in [1.29, 1.82) is 0 Å². The van der Waals surface area contributed by atoms with E-state index in [9.17, 15) is 4.79 Å². The molecule has 0 radical (unpaired) electrons. The van der Waals surface area contributed by atoms with Crippen LogP contribution < -0.4 is 0 Å². The number of carbonyl (C=O) groups excluding carboxylic acids is 1. The molecule has 0 atom stereocenters. The molecule has 0 spiro atoms. The molecule has 0 N–H and O–H groups in total. The summed E-state index contributed by atoms with van der Waals surface area (Å²) in [5.41, 5.74) is 2.98. The van der Waals surface area contributed by atoms with E-state index in [0.29, 0.717) is 18.4 Å². The van der Waals surface area contributed by atoms with Crippen molar-refractivity contribution in [2.75, 3.05) is 6.61 Å². The lowest BCUT2D eigenvalue weighted by Gasteiger charge is -2.09. The third kappa shape index (κ3) is 3.49. The molecule has 0 aromatic heterocycles. The molecule has 1 aromatic rings. The number of aryl methyl sites for hydroxylation is 1. The Labute approximate surface area is 109 Å². The molecule has 0 aliphatic rings. The van der Waals surface area contributed by atoms with Crippen molar-refractivity contribution in [1.82, 2.24) is 0 Å². The average molecular weight is 306 g/mol. The van der Waals surface area contributed by atoms with Crippen LogP contribution in [-0.4, -0.2) is 12.6 Å². The fourth-order valence-electron chi connectivity index (χ4n) is 1.43. The second-order valence-electron chi connectivity index (χ2n) is 3.49. The molecule has 1 aromatic carbocycles. The normalized spacial score (nSPS) is 10.2. The van der Waals surface area contributed by atoms with Gasteiger partial charge in [0.1, 0.15) is 0 Å². The molecule has 2 nitrogen and oxygen atoms in total. The first-order valence-electron chi connectivity index (χ1n) is 5.08. The summed E-state index contributed by atoms with van der Waals surface area (Å²) in [4.78, 5) is 11.4. The van der Waals surface area contributed by atoms with Gasteiger partial charge in [-0.15, -0.1) is 0 Å². The number of alkyl halides is 1. The molecule has 0 aliphatic heterocycles. The van der Waals surface area contributed by atoms with E-state index >= 15 is 0 Å². The third-order valence-corrected chi connectivity index (χ3v) is 3.25. The van der Waals surface area contributed by atoms with Crippen molar-refractivity contribution >= 4 is 33.5 Å². The van der Waals surface area contributed by atoms with Gasteiger partial charge in [0.05, 0.1) is 13.0 Å². The van der Waals surface area contributed by atoms with Gasteiger partial charge in [0.2, 0.25) is 0 Å². The highest BCUT2D eigenvalue weighted by Crippen LogP contribution is 2.23. The first kappa shape index (κ1) is 13.5. The first-order chi connectivity index (χ1) is 7.58. The second-order valence-corrected chi connectivity index (χ2v) is 4.45. The van der Waals surface area contributed by atoms with E-state index in [2.05, 4.69) is 15.9 Å². The Morgan fingerprint density at radius 1 is 1.44 bits per heavy atom. The van der Waals surface area contributed by atoms with E-state index in [1.165, 1.54) is 0 Å². The molecule has 88 valence electrons. The lowest BCUT2D eigenvalue weighted by Crippen LogP contribution is -2.09. The maximum absolute atomic E-state index is 11.4. The van der Waals surface area contributed by atoms with Gasteiger partial charge in [0.15, 0.2) is 0 Å². The van der Waals surface area contributed by atoms with Crippen LogP contribution in [0, 0.1) is 6.92 Å². The fourth-order valence-corrected chi connectivity index (χ4v) is 2.34. The maximum Gasteiger partial charge on any atom is 0.310 e. The predicted octanol–water partition coefficient (Wildman–Crippen LogP) is 3.65. The molecule has 0 amide bonds. The van der Waals surface area contributed by atoms with Crippen molar-refractivity contribution in [2.45, 2.75) is 25.6 Å². The summed E-state index contributed by atoms with van der Waals surface area (Å²) in [5.74, 6) is -0.201. The number of esters is 1. The quantitative estimate of drug-likeness (QED) is 0.627. The summed E-state index contributed by atoms with van der Waals surface area (Å²) < 4.78 is 4.92. The Hall–Kier alpha value is -0.540. The van der Waals surface area contributed by atoms with E-state index in [1.807, 2.05) is 19.1 Å². The van der Waals surface area contributed by atoms with Crippen molar-refractivity contribution in [3.8, 4) is 0 Å². The predicted molar refractivity (Wildman–Crippen MR) is 69.2 cm³/mol. The van der Waals surface area contributed by atoms with Crippen molar-refractivity contribution in [2.24, 2.45) is 0 Å². The topological polar surface area (TPSA) is 26.3 Å². The van der Waals surface area contributed by atoms with Crippen molar-refractivity contribution in [3.05, 3.63) is 33.8 Å². The van der Waals surface area contributed by atoms with Crippen LogP contribution >= 0.6 is 27.5 Å². The maximum atomic E-state index is 11.4. The molecule has 1 rings (SSSR count). The van der Waals surface area contributed by atoms with Crippen LogP contribution in [0.15, 0.2) is 12.1 Å². The van der Waals surface area contributed by atoms with Gasteiger partial charge < -0.3 is 4.74 Å². The van der Waals surface area contributed by atoms with E-state index < -0.39 is 0 Å². The number of carbonyl (C=O) groups is 1. The Kier molecular flexibility index (Phi) is 5.29. The number of rotatable bonds is 4. The smallest absolute Gasteiger partial charge is 0.310 e. The molecule has 0 aliphatic carbocycles. The minimum absolute atomic E-state index is 0.201. The monoisotopic (exact) mass is 304 g/mol. The summed E-state index contributed by atoms with van der Waals surface area (Å²) in [6.45, 7) is 4.16. The van der Waals surface area contributed by atoms with Crippen LogP contribution in [0.1, 0.15) is 23.6 Å². The van der Waals surface area contributed by atoms with Gasteiger partial charge in [0.25, 0.3) is 0 Å². The SMILES string of the molecule is CCOC(=O)Cc1cc(CBr)c(Cl)cc1C. The van der Waals surface area contributed by atoms with Crippen LogP contribution in [0.3, 0.4) is 0 Å². The van der Waals surface area contributed by atoms with Gasteiger partial charge >= 0.3 is 5.97 Å². The molecule has 0 saturated heterocycles.